The molecule has 2 aromatic rings. The molecule has 2 aromatic carbocycles. The summed E-state index contributed by atoms with van der Waals surface area (Å²) in [5, 5.41) is 2.79. The highest BCUT2D eigenvalue weighted by molar-refractivity contribution is 7.89. The maximum Gasteiger partial charge on any atom is 0.240 e. The average Bonchev–Trinajstić information content (AvgIpc) is 3.15. The van der Waals surface area contributed by atoms with Crippen molar-refractivity contribution >= 4 is 33.2 Å². The fraction of sp³-hybridized carbons (Fsp3) is 0.391. The molecule has 1 aliphatic heterocycles. The number of sulfonamides is 1. The monoisotopic (exact) mass is 459 g/mol. The van der Waals surface area contributed by atoms with E-state index in [0.717, 1.165) is 16.8 Å². The SMILES string of the molecule is COCCCNS(=O)(=O)c1ccc(NC(=O)C2CC(=O)N(c3cc(C)ccc3C)C2)cc1. The van der Waals surface area contributed by atoms with Crippen LogP contribution in [0.1, 0.15) is 24.0 Å². The maximum absolute atomic E-state index is 12.7. The van der Waals surface area contributed by atoms with Gasteiger partial charge in [-0.2, -0.15) is 0 Å². The third kappa shape index (κ3) is 5.73. The number of hydrogen-bond donors (Lipinski definition) is 2. The Morgan fingerprint density at radius 1 is 1.16 bits per heavy atom. The van der Waals surface area contributed by atoms with Crippen LogP contribution in [0, 0.1) is 19.8 Å². The van der Waals surface area contributed by atoms with Gasteiger partial charge in [0.05, 0.1) is 10.8 Å². The Balaban J connectivity index is 1.61. The second-order valence-corrected chi connectivity index (χ2v) is 9.72. The van der Waals surface area contributed by atoms with Crippen molar-refractivity contribution in [2.75, 3.05) is 37.0 Å². The summed E-state index contributed by atoms with van der Waals surface area (Å²) in [5.41, 5.74) is 3.34. The molecule has 1 aliphatic rings. The summed E-state index contributed by atoms with van der Waals surface area (Å²) in [4.78, 5) is 27.1. The third-order valence-corrected chi connectivity index (χ3v) is 6.88. The largest absolute Gasteiger partial charge is 0.385 e. The van der Waals surface area contributed by atoms with Crippen LogP contribution in [0.4, 0.5) is 11.4 Å². The number of benzene rings is 2. The number of carbonyl (C=O) groups excluding carboxylic acids is 2. The average molecular weight is 460 g/mol. The molecule has 1 unspecified atom stereocenters. The molecule has 1 fully saturated rings. The number of anilines is 2. The maximum atomic E-state index is 12.7. The first kappa shape index (κ1) is 23.9. The zero-order chi connectivity index (χ0) is 23.3. The van der Waals surface area contributed by atoms with Gasteiger partial charge in [-0.05, 0) is 61.7 Å². The number of nitrogens with one attached hydrogen (secondary N) is 2. The highest BCUT2D eigenvalue weighted by atomic mass is 32.2. The van der Waals surface area contributed by atoms with Crippen LogP contribution >= 0.6 is 0 Å². The Morgan fingerprint density at radius 3 is 2.56 bits per heavy atom. The predicted octanol–water partition coefficient (Wildman–Crippen LogP) is 2.61. The lowest BCUT2D eigenvalue weighted by atomic mass is 10.1. The van der Waals surface area contributed by atoms with Gasteiger partial charge in [-0.1, -0.05) is 12.1 Å². The fourth-order valence-corrected chi connectivity index (χ4v) is 4.67. The fourth-order valence-electron chi connectivity index (χ4n) is 3.59. The van der Waals surface area contributed by atoms with Gasteiger partial charge in [0.25, 0.3) is 0 Å². The molecule has 8 nitrogen and oxygen atoms in total. The van der Waals surface area contributed by atoms with Crippen LogP contribution in [-0.4, -0.2) is 47.0 Å². The van der Waals surface area contributed by atoms with Crippen molar-refractivity contribution < 1.29 is 22.7 Å². The van der Waals surface area contributed by atoms with Gasteiger partial charge in [-0.3, -0.25) is 9.59 Å². The standard InChI is InChI=1S/C23H29N3O5S/c1-16-5-6-17(2)21(13-16)26-15-18(14-22(26)27)23(28)25-19-7-9-20(10-8-19)32(29,30)24-11-4-12-31-3/h5-10,13,18,24H,4,11-12,14-15H2,1-3H3,(H,25,28). The normalized spacial score (nSPS) is 16.4. The van der Waals surface area contributed by atoms with E-state index < -0.39 is 15.9 Å². The first-order valence-electron chi connectivity index (χ1n) is 10.5. The molecule has 3 rings (SSSR count). The van der Waals surface area contributed by atoms with E-state index in [1.165, 1.54) is 12.1 Å². The minimum atomic E-state index is -3.62. The molecule has 1 atom stereocenters. The Hall–Kier alpha value is -2.75. The van der Waals surface area contributed by atoms with Gasteiger partial charge >= 0.3 is 0 Å². The molecule has 0 aliphatic carbocycles. The van der Waals surface area contributed by atoms with Gasteiger partial charge in [0.1, 0.15) is 0 Å². The lowest BCUT2D eigenvalue weighted by Gasteiger charge is -2.19. The first-order valence-corrected chi connectivity index (χ1v) is 12.0. The van der Waals surface area contributed by atoms with Crippen molar-refractivity contribution in [2.45, 2.75) is 31.6 Å². The van der Waals surface area contributed by atoms with E-state index in [1.54, 1.807) is 24.1 Å². The first-order chi connectivity index (χ1) is 15.2. The van der Waals surface area contributed by atoms with Crippen molar-refractivity contribution in [3.05, 3.63) is 53.6 Å². The van der Waals surface area contributed by atoms with E-state index in [-0.39, 0.29) is 29.7 Å². The van der Waals surface area contributed by atoms with Crippen LogP contribution < -0.4 is 14.9 Å². The quantitative estimate of drug-likeness (QED) is 0.561. The molecule has 32 heavy (non-hydrogen) atoms. The molecule has 1 heterocycles. The molecule has 1 saturated heterocycles. The highest BCUT2D eigenvalue weighted by Gasteiger charge is 2.35. The summed E-state index contributed by atoms with van der Waals surface area (Å²) in [5.74, 6) is -0.826. The molecule has 0 bridgehead atoms. The number of nitrogens with zero attached hydrogens (tertiary/aromatic N) is 1. The van der Waals surface area contributed by atoms with Gasteiger partial charge in [-0.15, -0.1) is 0 Å². The van der Waals surface area contributed by atoms with Gasteiger partial charge in [0, 0.05) is 44.6 Å². The molecule has 0 aromatic heterocycles. The summed E-state index contributed by atoms with van der Waals surface area (Å²) in [6.45, 7) is 4.97. The summed E-state index contributed by atoms with van der Waals surface area (Å²) < 4.78 is 32.0. The minimum absolute atomic E-state index is 0.0835. The van der Waals surface area contributed by atoms with Crippen molar-refractivity contribution in [3.8, 4) is 0 Å². The number of methoxy groups -OCH3 is 1. The third-order valence-electron chi connectivity index (χ3n) is 5.40. The number of amides is 2. The molecule has 2 N–H and O–H groups in total. The van der Waals surface area contributed by atoms with Crippen molar-refractivity contribution in [2.24, 2.45) is 5.92 Å². The molecule has 0 saturated carbocycles. The summed E-state index contributed by atoms with van der Waals surface area (Å²) in [7, 11) is -2.06. The zero-order valence-corrected chi connectivity index (χ0v) is 19.4. The second kappa shape index (κ2) is 10.2. The van der Waals surface area contributed by atoms with Gasteiger partial charge in [-0.25, -0.2) is 13.1 Å². The van der Waals surface area contributed by atoms with Crippen molar-refractivity contribution in [3.63, 3.8) is 0 Å². The van der Waals surface area contributed by atoms with Crippen LogP contribution in [0.2, 0.25) is 0 Å². The van der Waals surface area contributed by atoms with Crippen LogP contribution in [0.25, 0.3) is 0 Å². The van der Waals surface area contributed by atoms with Crippen molar-refractivity contribution in [1.29, 1.82) is 0 Å². The van der Waals surface area contributed by atoms with E-state index >= 15 is 0 Å². The Bertz CT molecular complexity index is 1080. The summed E-state index contributed by atoms with van der Waals surface area (Å²) in [6, 6.07) is 11.9. The topological polar surface area (TPSA) is 105 Å². The number of rotatable bonds is 9. The smallest absolute Gasteiger partial charge is 0.240 e. The Kier molecular flexibility index (Phi) is 7.65. The Morgan fingerprint density at radius 2 is 1.88 bits per heavy atom. The number of carbonyl (C=O) groups is 2. The van der Waals surface area contributed by atoms with Gasteiger partial charge < -0.3 is 15.0 Å². The van der Waals surface area contributed by atoms with E-state index in [4.69, 9.17) is 4.74 Å². The van der Waals surface area contributed by atoms with Crippen molar-refractivity contribution in [1.82, 2.24) is 4.72 Å². The van der Waals surface area contributed by atoms with E-state index in [0.29, 0.717) is 25.3 Å². The zero-order valence-electron chi connectivity index (χ0n) is 18.6. The van der Waals surface area contributed by atoms with Gasteiger partial charge in [0.15, 0.2) is 0 Å². The number of ether oxygens (including phenoxy) is 1. The molecule has 0 radical (unpaired) electrons. The minimum Gasteiger partial charge on any atom is -0.385 e. The van der Waals surface area contributed by atoms with Gasteiger partial charge in [0.2, 0.25) is 21.8 Å². The van der Waals surface area contributed by atoms with Crippen LogP contribution in [0.3, 0.4) is 0 Å². The van der Waals surface area contributed by atoms with Crippen LogP contribution in [0.15, 0.2) is 47.4 Å². The number of hydrogen-bond acceptors (Lipinski definition) is 5. The van der Waals surface area contributed by atoms with Crippen LogP contribution in [-0.2, 0) is 24.3 Å². The molecule has 2 amide bonds. The van der Waals surface area contributed by atoms with E-state index in [2.05, 4.69) is 10.0 Å². The summed E-state index contributed by atoms with van der Waals surface area (Å²) >= 11 is 0. The lowest BCUT2D eigenvalue weighted by molar-refractivity contribution is -0.122. The molecular formula is C23H29N3O5S. The molecule has 172 valence electrons. The van der Waals surface area contributed by atoms with E-state index in [9.17, 15) is 18.0 Å². The highest BCUT2D eigenvalue weighted by Crippen LogP contribution is 2.29. The Labute approximate surface area is 189 Å². The van der Waals surface area contributed by atoms with Crippen LogP contribution in [0.5, 0.6) is 0 Å². The molecular weight excluding hydrogens is 430 g/mol. The lowest BCUT2D eigenvalue weighted by Crippen LogP contribution is -2.28. The number of aryl methyl sites for hydroxylation is 2. The molecule has 0 spiro atoms. The predicted molar refractivity (Wildman–Crippen MR) is 123 cm³/mol. The second-order valence-electron chi connectivity index (χ2n) is 7.95. The summed E-state index contributed by atoms with van der Waals surface area (Å²) in [6.07, 6.45) is 0.708. The molecule has 9 heteroatoms. The van der Waals surface area contributed by atoms with E-state index in [1.807, 2.05) is 32.0 Å².